The Morgan fingerprint density at radius 1 is 1.31 bits per heavy atom. The Bertz CT molecular complexity index is 784. The van der Waals surface area contributed by atoms with Crippen molar-refractivity contribution in [2.45, 2.75) is 31.4 Å². The molecule has 0 saturated carbocycles. The number of sulfonamides is 1. The van der Waals surface area contributed by atoms with Gasteiger partial charge in [0.25, 0.3) is 0 Å². The zero-order valence-corrected chi connectivity index (χ0v) is 15.4. The number of amides is 2. The first-order valence-corrected chi connectivity index (χ1v) is 9.67. The Kier molecular flexibility index (Phi) is 6.68. The van der Waals surface area contributed by atoms with Gasteiger partial charge in [0.15, 0.2) is 0 Å². The standard InChI is InChI=1S/C16H22FN3O5S/c1-3-18-15(21)16(22)19-10-14-20(7-4-8-25-14)26(23,24)13-6-5-12(17)9-11(13)2/h5-6,9,14H,3-4,7-8,10H2,1-2H3,(H,18,21)(H,19,22)/t14-/m0/s1. The highest BCUT2D eigenvalue weighted by molar-refractivity contribution is 7.89. The van der Waals surface area contributed by atoms with E-state index in [1.165, 1.54) is 13.0 Å². The maximum Gasteiger partial charge on any atom is 0.309 e. The van der Waals surface area contributed by atoms with Gasteiger partial charge in [-0.25, -0.2) is 12.8 Å². The smallest absolute Gasteiger partial charge is 0.309 e. The largest absolute Gasteiger partial charge is 0.360 e. The molecule has 10 heteroatoms. The van der Waals surface area contributed by atoms with Crippen molar-refractivity contribution in [1.82, 2.24) is 14.9 Å². The average Bonchev–Trinajstić information content (AvgIpc) is 2.59. The molecule has 0 radical (unpaired) electrons. The number of nitrogens with zero attached hydrogens (tertiary/aromatic N) is 1. The lowest BCUT2D eigenvalue weighted by molar-refractivity contribution is -0.140. The fourth-order valence-electron chi connectivity index (χ4n) is 2.63. The van der Waals surface area contributed by atoms with E-state index in [1.54, 1.807) is 6.92 Å². The minimum Gasteiger partial charge on any atom is -0.360 e. The van der Waals surface area contributed by atoms with E-state index < -0.39 is 33.9 Å². The minimum atomic E-state index is -3.95. The average molecular weight is 387 g/mol. The number of carbonyl (C=O) groups is 2. The molecule has 0 unspecified atom stereocenters. The van der Waals surface area contributed by atoms with E-state index in [9.17, 15) is 22.4 Å². The summed E-state index contributed by atoms with van der Waals surface area (Å²) in [5.41, 5.74) is 0.278. The first kappa shape index (κ1) is 20.3. The fourth-order valence-corrected chi connectivity index (χ4v) is 4.41. The molecule has 1 aliphatic rings. The summed E-state index contributed by atoms with van der Waals surface area (Å²) >= 11 is 0. The normalized spacial score (nSPS) is 18.3. The zero-order valence-electron chi connectivity index (χ0n) is 14.6. The number of halogens is 1. The third-order valence-corrected chi connectivity index (χ3v) is 5.91. The molecule has 1 atom stereocenters. The summed E-state index contributed by atoms with van der Waals surface area (Å²) in [6, 6.07) is 3.43. The number of hydrogen-bond acceptors (Lipinski definition) is 5. The number of nitrogens with one attached hydrogen (secondary N) is 2. The van der Waals surface area contributed by atoms with Gasteiger partial charge in [0.05, 0.1) is 18.0 Å². The Morgan fingerprint density at radius 2 is 2.00 bits per heavy atom. The van der Waals surface area contributed by atoms with Crippen LogP contribution in [0.3, 0.4) is 0 Å². The number of aryl methyl sites for hydroxylation is 1. The van der Waals surface area contributed by atoms with Gasteiger partial charge in [-0.15, -0.1) is 0 Å². The molecule has 2 rings (SSSR count). The zero-order chi connectivity index (χ0) is 19.3. The van der Waals surface area contributed by atoms with Crippen LogP contribution in [-0.4, -0.2) is 57.0 Å². The van der Waals surface area contributed by atoms with Gasteiger partial charge in [0.2, 0.25) is 10.0 Å². The van der Waals surface area contributed by atoms with Gasteiger partial charge in [-0.2, -0.15) is 4.31 Å². The first-order chi connectivity index (χ1) is 12.3. The molecule has 26 heavy (non-hydrogen) atoms. The van der Waals surface area contributed by atoms with Crippen LogP contribution in [0, 0.1) is 12.7 Å². The Hall–Kier alpha value is -2.04. The van der Waals surface area contributed by atoms with Crippen molar-refractivity contribution in [3.05, 3.63) is 29.6 Å². The molecule has 2 amide bonds. The van der Waals surface area contributed by atoms with Gasteiger partial charge in [0.1, 0.15) is 12.0 Å². The van der Waals surface area contributed by atoms with E-state index in [2.05, 4.69) is 10.6 Å². The Labute approximate surface area is 151 Å². The van der Waals surface area contributed by atoms with Crippen LogP contribution in [0.25, 0.3) is 0 Å². The third kappa shape index (κ3) is 4.57. The van der Waals surface area contributed by atoms with Gasteiger partial charge < -0.3 is 15.4 Å². The number of hydrogen-bond donors (Lipinski definition) is 2. The minimum absolute atomic E-state index is 0.0237. The highest BCUT2D eigenvalue weighted by Gasteiger charge is 2.35. The summed E-state index contributed by atoms with van der Waals surface area (Å²) in [5.74, 6) is -2.19. The van der Waals surface area contributed by atoms with Crippen LogP contribution in [0.5, 0.6) is 0 Å². The van der Waals surface area contributed by atoms with Crippen LogP contribution in [0.1, 0.15) is 18.9 Å². The van der Waals surface area contributed by atoms with E-state index in [-0.39, 0.29) is 23.5 Å². The molecule has 0 aliphatic carbocycles. The van der Waals surface area contributed by atoms with Gasteiger partial charge >= 0.3 is 11.8 Å². The maximum absolute atomic E-state index is 13.3. The summed E-state index contributed by atoms with van der Waals surface area (Å²) in [6.45, 7) is 3.84. The van der Waals surface area contributed by atoms with Crippen molar-refractivity contribution in [3.8, 4) is 0 Å². The van der Waals surface area contributed by atoms with Gasteiger partial charge in [-0.1, -0.05) is 0 Å². The van der Waals surface area contributed by atoms with Crippen molar-refractivity contribution < 1.29 is 27.1 Å². The lowest BCUT2D eigenvalue weighted by Gasteiger charge is -2.34. The molecule has 1 fully saturated rings. The molecule has 0 spiro atoms. The lowest BCUT2D eigenvalue weighted by atomic mass is 10.2. The number of likely N-dealkylation sites (N-methyl/N-ethyl adjacent to an activating group) is 1. The monoisotopic (exact) mass is 387 g/mol. The van der Waals surface area contributed by atoms with Crippen LogP contribution < -0.4 is 10.6 Å². The quantitative estimate of drug-likeness (QED) is 0.699. The predicted molar refractivity (Wildman–Crippen MR) is 91.1 cm³/mol. The molecule has 1 heterocycles. The third-order valence-electron chi connectivity index (χ3n) is 3.86. The molecule has 0 bridgehead atoms. The highest BCUT2D eigenvalue weighted by Crippen LogP contribution is 2.25. The highest BCUT2D eigenvalue weighted by atomic mass is 32.2. The second kappa shape index (κ2) is 8.56. The molecular weight excluding hydrogens is 365 g/mol. The Morgan fingerprint density at radius 3 is 2.65 bits per heavy atom. The second-order valence-corrected chi connectivity index (χ2v) is 7.63. The first-order valence-electron chi connectivity index (χ1n) is 8.23. The van der Waals surface area contributed by atoms with Crippen LogP contribution in [0.4, 0.5) is 4.39 Å². The molecule has 0 aromatic heterocycles. The predicted octanol–water partition coefficient (Wildman–Crippen LogP) is 0.124. The summed E-state index contributed by atoms with van der Waals surface area (Å²) in [6.07, 6.45) is -0.461. The van der Waals surface area contributed by atoms with Gasteiger partial charge in [0, 0.05) is 13.1 Å². The molecule has 8 nitrogen and oxygen atoms in total. The maximum atomic E-state index is 13.3. The van der Waals surface area contributed by atoms with E-state index >= 15 is 0 Å². The Balaban J connectivity index is 2.17. The molecule has 2 N–H and O–H groups in total. The lowest BCUT2D eigenvalue weighted by Crippen LogP contribution is -2.53. The molecule has 1 saturated heterocycles. The summed E-state index contributed by atoms with van der Waals surface area (Å²) in [7, 11) is -3.95. The molecule has 1 aromatic carbocycles. The summed E-state index contributed by atoms with van der Waals surface area (Å²) < 4.78 is 45.8. The summed E-state index contributed by atoms with van der Waals surface area (Å²) in [4.78, 5) is 23.1. The van der Waals surface area contributed by atoms with E-state index in [0.29, 0.717) is 19.6 Å². The van der Waals surface area contributed by atoms with E-state index in [0.717, 1.165) is 16.4 Å². The van der Waals surface area contributed by atoms with Crippen molar-refractivity contribution in [1.29, 1.82) is 0 Å². The van der Waals surface area contributed by atoms with Crippen molar-refractivity contribution in [2.75, 3.05) is 26.2 Å². The SMILES string of the molecule is CCNC(=O)C(=O)NC[C@@H]1OCCCN1S(=O)(=O)c1ccc(F)cc1C. The number of carbonyl (C=O) groups excluding carboxylic acids is 2. The second-order valence-electron chi connectivity index (χ2n) is 5.77. The van der Waals surface area contributed by atoms with Crippen molar-refractivity contribution in [2.24, 2.45) is 0 Å². The van der Waals surface area contributed by atoms with Gasteiger partial charge in [-0.3, -0.25) is 9.59 Å². The van der Waals surface area contributed by atoms with Crippen LogP contribution in [0.15, 0.2) is 23.1 Å². The van der Waals surface area contributed by atoms with Gasteiger partial charge in [-0.05, 0) is 44.0 Å². The molecule has 144 valence electrons. The molecule has 1 aromatic rings. The fraction of sp³-hybridized carbons (Fsp3) is 0.500. The van der Waals surface area contributed by atoms with Crippen LogP contribution in [0.2, 0.25) is 0 Å². The van der Waals surface area contributed by atoms with Crippen molar-refractivity contribution >= 4 is 21.8 Å². The topological polar surface area (TPSA) is 105 Å². The van der Waals surface area contributed by atoms with Crippen LogP contribution >= 0.6 is 0 Å². The molecule has 1 aliphatic heterocycles. The van der Waals surface area contributed by atoms with E-state index in [1.807, 2.05) is 0 Å². The number of ether oxygens (including phenoxy) is 1. The summed E-state index contributed by atoms with van der Waals surface area (Å²) in [5, 5.41) is 4.73. The van der Waals surface area contributed by atoms with Crippen LogP contribution in [-0.2, 0) is 24.3 Å². The van der Waals surface area contributed by atoms with Crippen molar-refractivity contribution in [3.63, 3.8) is 0 Å². The molecular formula is C16H22FN3O5S. The number of rotatable bonds is 5. The van der Waals surface area contributed by atoms with E-state index in [4.69, 9.17) is 4.74 Å². The number of benzene rings is 1.